The van der Waals surface area contributed by atoms with Crippen LogP contribution < -0.4 is 5.32 Å². The van der Waals surface area contributed by atoms with Crippen LogP contribution in [0.25, 0.3) is 0 Å². The molecule has 2 aromatic carbocycles. The Morgan fingerprint density at radius 2 is 1.79 bits per heavy atom. The van der Waals surface area contributed by atoms with Gasteiger partial charge in [-0.25, -0.2) is 0 Å². The highest BCUT2D eigenvalue weighted by Crippen LogP contribution is 2.20. The van der Waals surface area contributed by atoms with Crippen LogP contribution in [0, 0.1) is 0 Å². The highest BCUT2D eigenvalue weighted by molar-refractivity contribution is 9.10. The van der Waals surface area contributed by atoms with Crippen LogP contribution in [-0.2, 0) is 16.1 Å². The Bertz CT molecular complexity index is 753. The molecule has 1 unspecified atom stereocenters. The number of halogens is 1. The lowest BCUT2D eigenvalue weighted by Gasteiger charge is -2.28. The van der Waals surface area contributed by atoms with Gasteiger partial charge >= 0.3 is 0 Å². The first-order valence-corrected chi connectivity index (χ1v) is 11.3. The minimum atomic E-state index is -0.524. The largest absolute Gasteiger partial charge is 0.354 e. The third-order valence-electron chi connectivity index (χ3n) is 4.37. The molecule has 2 amide bonds. The number of carbonyl (C=O) groups is 2. The average molecular weight is 463 g/mol. The molecule has 6 heteroatoms. The fraction of sp³-hybridized carbons (Fsp3) is 0.364. The second-order valence-electron chi connectivity index (χ2n) is 6.57. The van der Waals surface area contributed by atoms with Crippen molar-refractivity contribution in [3.05, 3.63) is 64.6 Å². The summed E-state index contributed by atoms with van der Waals surface area (Å²) < 4.78 is 0.985. The van der Waals surface area contributed by atoms with Crippen LogP contribution in [0.2, 0.25) is 0 Å². The Kier molecular flexibility index (Phi) is 9.58. The molecule has 4 nitrogen and oxygen atoms in total. The van der Waals surface area contributed by atoms with Gasteiger partial charge < -0.3 is 10.2 Å². The number of hydrogen-bond donors (Lipinski definition) is 1. The van der Waals surface area contributed by atoms with E-state index in [1.807, 2.05) is 54.6 Å². The highest BCUT2D eigenvalue weighted by Gasteiger charge is 2.25. The van der Waals surface area contributed by atoms with Crippen LogP contribution in [0.1, 0.15) is 32.3 Å². The Morgan fingerprint density at radius 1 is 1.11 bits per heavy atom. The van der Waals surface area contributed by atoms with Crippen LogP contribution in [0.3, 0.4) is 0 Å². The molecule has 0 saturated heterocycles. The van der Waals surface area contributed by atoms with Crippen molar-refractivity contribution < 1.29 is 9.59 Å². The fourth-order valence-electron chi connectivity index (χ4n) is 2.65. The first-order valence-electron chi connectivity index (χ1n) is 9.50. The van der Waals surface area contributed by atoms with E-state index >= 15 is 0 Å². The van der Waals surface area contributed by atoms with Gasteiger partial charge in [0.05, 0.1) is 5.75 Å². The van der Waals surface area contributed by atoms with Gasteiger partial charge in [0.1, 0.15) is 6.04 Å². The molecular formula is C22H27BrN2O2S. The van der Waals surface area contributed by atoms with Gasteiger partial charge in [-0.15, -0.1) is 11.8 Å². The van der Waals surface area contributed by atoms with Crippen molar-refractivity contribution in [2.24, 2.45) is 0 Å². The van der Waals surface area contributed by atoms with Crippen molar-refractivity contribution >= 4 is 39.5 Å². The van der Waals surface area contributed by atoms with Gasteiger partial charge in [0.15, 0.2) is 0 Å². The van der Waals surface area contributed by atoms with Crippen molar-refractivity contribution in [1.82, 2.24) is 10.2 Å². The van der Waals surface area contributed by atoms with E-state index in [-0.39, 0.29) is 11.8 Å². The van der Waals surface area contributed by atoms with Gasteiger partial charge in [0.25, 0.3) is 0 Å². The maximum Gasteiger partial charge on any atom is 0.242 e. The van der Waals surface area contributed by atoms with E-state index in [2.05, 4.69) is 28.2 Å². The van der Waals surface area contributed by atoms with Crippen molar-refractivity contribution in [2.45, 2.75) is 44.2 Å². The summed E-state index contributed by atoms with van der Waals surface area (Å²) in [4.78, 5) is 28.3. The van der Waals surface area contributed by atoms with E-state index < -0.39 is 6.04 Å². The third-order valence-corrected chi connectivity index (χ3v) is 5.89. The molecule has 0 heterocycles. The third kappa shape index (κ3) is 7.32. The predicted molar refractivity (Wildman–Crippen MR) is 119 cm³/mol. The minimum Gasteiger partial charge on any atom is -0.354 e. The van der Waals surface area contributed by atoms with Gasteiger partial charge in [-0.3, -0.25) is 9.59 Å². The zero-order valence-electron chi connectivity index (χ0n) is 16.4. The lowest BCUT2D eigenvalue weighted by molar-refractivity contribution is -0.138. The molecular weight excluding hydrogens is 436 g/mol. The Balaban J connectivity index is 2.08. The molecule has 0 aliphatic rings. The van der Waals surface area contributed by atoms with Crippen LogP contribution in [0.4, 0.5) is 0 Å². The molecule has 0 aliphatic carbocycles. The van der Waals surface area contributed by atoms with E-state index in [1.54, 1.807) is 11.8 Å². The van der Waals surface area contributed by atoms with Crippen molar-refractivity contribution in [3.8, 4) is 0 Å². The molecule has 2 rings (SSSR count). The summed E-state index contributed by atoms with van der Waals surface area (Å²) in [5.74, 6) is 0.145. The van der Waals surface area contributed by atoms with Gasteiger partial charge in [-0.2, -0.15) is 0 Å². The standard InChI is InChI=1S/C22H27BrN2O2S/c1-3-4-14-24-22(27)17(2)25(15-18-10-12-19(23)13-11-18)21(26)16-28-20-8-6-5-7-9-20/h5-13,17H,3-4,14-16H2,1-2H3,(H,24,27). The number of rotatable bonds is 10. The lowest BCUT2D eigenvalue weighted by Crippen LogP contribution is -2.48. The number of thioether (sulfide) groups is 1. The Hall–Kier alpha value is -1.79. The zero-order chi connectivity index (χ0) is 20.4. The van der Waals surface area contributed by atoms with E-state index in [1.165, 1.54) is 11.8 Å². The highest BCUT2D eigenvalue weighted by atomic mass is 79.9. The smallest absolute Gasteiger partial charge is 0.242 e. The lowest BCUT2D eigenvalue weighted by atomic mass is 10.1. The predicted octanol–water partition coefficient (Wildman–Crippen LogP) is 4.87. The molecule has 2 aromatic rings. The molecule has 0 bridgehead atoms. The zero-order valence-corrected chi connectivity index (χ0v) is 18.8. The average Bonchev–Trinajstić information content (AvgIpc) is 2.72. The number of benzene rings is 2. The van der Waals surface area contributed by atoms with Crippen LogP contribution >= 0.6 is 27.7 Å². The summed E-state index contributed by atoms with van der Waals surface area (Å²) in [7, 11) is 0. The van der Waals surface area contributed by atoms with Crippen molar-refractivity contribution in [2.75, 3.05) is 12.3 Å². The monoisotopic (exact) mass is 462 g/mol. The number of hydrogen-bond acceptors (Lipinski definition) is 3. The second-order valence-corrected chi connectivity index (χ2v) is 8.53. The molecule has 1 atom stereocenters. The van der Waals surface area contributed by atoms with Gasteiger partial charge in [-0.05, 0) is 43.2 Å². The summed E-state index contributed by atoms with van der Waals surface area (Å²) in [6.45, 7) is 4.92. The maximum absolute atomic E-state index is 13.0. The molecule has 1 N–H and O–H groups in total. The quantitative estimate of drug-likeness (QED) is 0.404. The maximum atomic E-state index is 13.0. The summed E-state index contributed by atoms with van der Waals surface area (Å²) in [5.41, 5.74) is 0.995. The first kappa shape index (κ1) is 22.5. The van der Waals surface area contributed by atoms with Crippen LogP contribution in [0.5, 0.6) is 0 Å². The normalized spacial score (nSPS) is 11.7. The first-order chi connectivity index (χ1) is 13.5. The molecule has 0 saturated carbocycles. The SMILES string of the molecule is CCCCNC(=O)C(C)N(Cc1ccc(Br)cc1)C(=O)CSc1ccccc1. The van der Waals surface area contributed by atoms with E-state index in [0.29, 0.717) is 18.8 Å². The summed E-state index contributed by atoms with van der Waals surface area (Å²) >= 11 is 4.92. The van der Waals surface area contributed by atoms with E-state index in [9.17, 15) is 9.59 Å². The van der Waals surface area contributed by atoms with Gasteiger partial charge in [-0.1, -0.05) is 59.6 Å². The fourth-order valence-corrected chi connectivity index (χ4v) is 3.72. The Labute approximate surface area is 180 Å². The molecule has 0 aromatic heterocycles. The molecule has 0 spiro atoms. The van der Waals surface area contributed by atoms with E-state index in [4.69, 9.17) is 0 Å². The van der Waals surface area contributed by atoms with Crippen LogP contribution in [-0.4, -0.2) is 35.1 Å². The molecule has 28 heavy (non-hydrogen) atoms. The van der Waals surface area contributed by atoms with Crippen LogP contribution in [0.15, 0.2) is 64.0 Å². The van der Waals surface area contributed by atoms with E-state index in [0.717, 1.165) is 27.8 Å². The van der Waals surface area contributed by atoms with Crippen molar-refractivity contribution in [3.63, 3.8) is 0 Å². The summed E-state index contributed by atoms with van der Waals surface area (Å²) in [6.07, 6.45) is 1.95. The number of unbranched alkanes of at least 4 members (excludes halogenated alkanes) is 1. The number of amides is 2. The second kappa shape index (κ2) is 11.9. The topological polar surface area (TPSA) is 49.4 Å². The molecule has 150 valence electrons. The summed E-state index contributed by atoms with van der Waals surface area (Å²) in [6, 6.07) is 17.1. The minimum absolute atomic E-state index is 0.0464. The van der Waals surface area contributed by atoms with Gasteiger partial charge in [0.2, 0.25) is 11.8 Å². The number of nitrogens with one attached hydrogen (secondary N) is 1. The Morgan fingerprint density at radius 3 is 2.43 bits per heavy atom. The summed E-state index contributed by atoms with van der Waals surface area (Å²) in [5, 5.41) is 2.94. The number of carbonyl (C=O) groups excluding carboxylic acids is 2. The van der Waals surface area contributed by atoms with Gasteiger partial charge in [0, 0.05) is 22.5 Å². The van der Waals surface area contributed by atoms with Crippen molar-refractivity contribution in [1.29, 1.82) is 0 Å². The molecule has 0 radical (unpaired) electrons. The molecule has 0 fully saturated rings. The molecule has 0 aliphatic heterocycles. The number of nitrogens with zero attached hydrogens (tertiary/aromatic N) is 1.